The second-order valence-electron chi connectivity index (χ2n) is 10.6. The molecular weight excluding hydrogens is 553 g/mol. The number of imidazole rings is 1. The summed E-state index contributed by atoms with van der Waals surface area (Å²) < 4.78 is 28.1. The molecule has 0 aliphatic carbocycles. The van der Waals surface area contributed by atoms with Gasteiger partial charge < -0.3 is 29.2 Å². The molecule has 2 aromatic heterocycles. The highest BCUT2D eigenvalue weighted by molar-refractivity contribution is 5.92. The fourth-order valence-corrected chi connectivity index (χ4v) is 5.29. The molecule has 0 radical (unpaired) electrons. The number of rotatable bonds is 9. The average Bonchev–Trinajstić information content (AvgIpc) is 3.33. The molecule has 43 heavy (non-hydrogen) atoms. The number of carboxylic acids is 1. The number of fused-ring (bicyclic) bond motifs is 1. The first-order valence-corrected chi connectivity index (χ1v) is 14.3. The molecule has 2 aliphatic heterocycles. The second-order valence-corrected chi connectivity index (χ2v) is 10.6. The number of aliphatic hydroxyl groups excluding tert-OH is 1. The first-order valence-electron chi connectivity index (χ1n) is 14.3. The van der Waals surface area contributed by atoms with Crippen molar-refractivity contribution >= 4 is 22.8 Å². The first-order chi connectivity index (χ1) is 21.0. The summed E-state index contributed by atoms with van der Waals surface area (Å²) >= 11 is 0. The monoisotopic (exact) mass is 585 g/mol. The van der Waals surface area contributed by atoms with Crippen molar-refractivity contribution in [1.29, 1.82) is 0 Å². The van der Waals surface area contributed by atoms with Crippen LogP contribution in [-0.2, 0) is 24.4 Å². The number of hydrogen-bond donors (Lipinski definition) is 2. The molecule has 2 aromatic carbocycles. The molecule has 4 heterocycles. The number of ether oxygens (including phenoxy) is 2. The Hall–Kier alpha value is -4.50. The topological polar surface area (TPSA) is 113 Å². The normalized spacial score (nSPS) is 16.9. The van der Waals surface area contributed by atoms with Crippen molar-refractivity contribution in [3.8, 4) is 17.7 Å². The van der Waals surface area contributed by atoms with Crippen LogP contribution in [0.1, 0.15) is 33.7 Å². The van der Waals surface area contributed by atoms with Crippen molar-refractivity contribution in [3.63, 3.8) is 0 Å². The van der Waals surface area contributed by atoms with Gasteiger partial charge >= 0.3 is 5.97 Å². The van der Waals surface area contributed by atoms with Crippen molar-refractivity contribution in [2.45, 2.75) is 32.2 Å². The summed E-state index contributed by atoms with van der Waals surface area (Å²) in [6.07, 6.45) is 1.10. The first kappa shape index (κ1) is 28.6. The van der Waals surface area contributed by atoms with Crippen LogP contribution in [0, 0.1) is 17.7 Å². The lowest BCUT2D eigenvalue weighted by Crippen LogP contribution is -2.46. The Labute approximate surface area is 248 Å². The predicted molar refractivity (Wildman–Crippen MR) is 157 cm³/mol. The van der Waals surface area contributed by atoms with E-state index in [4.69, 9.17) is 19.6 Å². The van der Waals surface area contributed by atoms with Crippen molar-refractivity contribution in [2.24, 2.45) is 0 Å². The van der Waals surface area contributed by atoms with Gasteiger partial charge in [-0.15, -0.1) is 0 Å². The molecule has 0 amide bonds. The van der Waals surface area contributed by atoms with Crippen molar-refractivity contribution in [3.05, 3.63) is 82.9 Å². The van der Waals surface area contributed by atoms with Gasteiger partial charge in [-0.3, -0.25) is 4.90 Å². The number of halogens is 1. The molecule has 4 aromatic rings. The van der Waals surface area contributed by atoms with E-state index in [1.807, 2.05) is 12.1 Å². The van der Waals surface area contributed by atoms with Gasteiger partial charge in [0.25, 0.3) is 0 Å². The van der Waals surface area contributed by atoms with Gasteiger partial charge in [0.2, 0.25) is 5.88 Å². The average molecular weight is 586 g/mol. The highest BCUT2D eigenvalue weighted by atomic mass is 19.1. The summed E-state index contributed by atoms with van der Waals surface area (Å²) in [5, 5.41) is 18.3. The minimum absolute atomic E-state index is 0.0324. The van der Waals surface area contributed by atoms with E-state index in [9.17, 15) is 14.3 Å². The maximum Gasteiger partial charge on any atom is 0.335 e. The molecule has 0 unspecified atom stereocenters. The summed E-state index contributed by atoms with van der Waals surface area (Å²) in [6.45, 7) is 4.92. The molecular formula is C32H32FN5O5. The number of carbonyl (C=O) groups is 1. The molecule has 2 N–H and O–H groups in total. The lowest BCUT2D eigenvalue weighted by Gasteiger charge is -2.35. The molecule has 1 atom stereocenters. The Kier molecular flexibility index (Phi) is 8.51. The highest BCUT2D eigenvalue weighted by Crippen LogP contribution is 2.25. The van der Waals surface area contributed by atoms with Crippen LogP contribution < -0.4 is 9.64 Å². The van der Waals surface area contributed by atoms with Gasteiger partial charge in [-0.25, -0.2) is 14.2 Å². The lowest BCUT2D eigenvalue weighted by molar-refractivity contribution is -0.0592. The third-order valence-electron chi connectivity index (χ3n) is 7.76. The smallest absolute Gasteiger partial charge is 0.335 e. The third-order valence-corrected chi connectivity index (χ3v) is 7.76. The Morgan fingerprint density at radius 3 is 2.65 bits per heavy atom. The molecule has 10 nitrogen and oxygen atoms in total. The van der Waals surface area contributed by atoms with E-state index in [-0.39, 0.29) is 24.9 Å². The summed E-state index contributed by atoms with van der Waals surface area (Å²) in [5.74, 6) is 5.93. The summed E-state index contributed by atoms with van der Waals surface area (Å²) in [5.41, 5.74) is 2.73. The van der Waals surface area contributed by atoms with Crippen LogP contribution in [0.25, 0.3) is 11.0 Å². The third kappa shape index (κ3) is 6.62. The van der Waals surface area contributed by atoms with Gasteiger partial charge in [0, 0.05) is 50.0 Å². The molecule has 0 spiro atoms. The SMILES string of the molecule is O=C(O)c1ccc2nc(CN3CCN(c4cccc(OCc5ccc(C#CCO)cc5F)n4)CC3)n(C[C@@H]3CCO3)c2c1. The summed E-state index contributed by atoms with van der Waals surface area (Å²) in [4.78, 5) is 25.6. The van der Waals surface area contributed by atoms with E-state index < -0.39 is 11.8 Å². The number of aromatic nitrogens is 3. The number of benzene rings is 2. The number of piperazine rings is 1. The summed E-state index contributed by atoms with van der Waals surface area (Å²) in [7, 11) is 0. The fourth-order valence-electron chi connectivity index (χ4n) is 5.29. The maximum absolute atomic E-state index is 14.5. The lowest BCUT2D eigenvalue weighted by atomic mass is 10.1. The van der Waals surface area contributed by atoms with E-state index in [0.717, 1.165) is 61.9 Å². The minimum Gasteiger partial charge on any atom is -0.478 e. The highest BCUT2D eigenvalue weighted by Gasteiger charge is 2.25. The number of pyridine rings is 1. The second kappa shape index (κ2) is 12.8. The molecule has 0 saturated carbocycles. The van der Waals surface area contributed by atoms with Crippen LogP contribution in [0.3, 0.4) is 0 Å². The number of carboxylic acid groups (broad SMARTS) is 1. The van der Waals surface area contributed by atoms with Crippen LogP contribution in [0.2, 0.25) is 0 Å². The van der Waals surface area contributed by atoms with E-state index in [2.05, 4.69) is 31.2 Å². The summed E-state index contributed by atoms with van der Waals surface area (Å²) in [6, 6.07) is 15.3. The van der Waals surface area contributed by atoms with Gasteiger partial charge in [-0.05, 0) is 42.8 Å². The predicted octanol–water partition coefficient (Wildman–Crippen LogP) is 3.30. The van der Waals surface area contributed by atoms with Crippen LogP contribution in [0.4, 0.5) is 10.2 Å². The van der Waals surface area contributed by atoms with E-state index >= 15 is 0 Å². The Morgan fingerprint density at radius 1 is 1.09 bits per heavy atom. The molecule has 6 rings (SSSR count). The van der Waals surface area contributed by atoms with Gasteiger partial charge in [0.05, 0.1) is 35.8 Å². The van der Waals surface area contributed by atoms with Gasteiger partial charge in [0.15, 0.2) is 0 Å². The zero-order valence-electron chi connectivity index (χ0n) is 23.6. The van der Waals surface area contributed by atoms with Gasteiger partial charge in [-0.1, -0.05) is 24.0 Å². The van der Waals surface area contributed by atoms with Gasteiger partial charge in [0.1, 0.15) is 30.7 Å². The number of anilines is 1. The Balaban J connectivity index is 1.08. The molecule has 0 bridgehead atoms. The van der Waals surface area contributed by atoms with E-state index in [1.165, 1.54) is 6.07 Å². The zero-order valence-corrected chi connectivity index (χ0v) is 23.6. The number of hydrogen-bond acceptors (Lipinski definition) is 8. The van der Waals surface area contributed by atoms with Crippen LogP contribution >= 0.6 is 0 Å². The molecule has 2 saturated heterocycles. The number of aliphatic hydroxyl groups is 1. The van der Waals surface area contributed by atoms with Gasteiger partial charge in [-0.2, -0.15) is 4.98 Å². The van der Waals surface area contributed by atoms with Crippen LogP contribution in [0.15, 0.2) is 54.6 Å². The largest absolute Gasteiger partial charge is 0.478 e. The standard InChI is InChI=1S/C32H32FN5O5/c33-26-17-22(3-2-15-39)6-7-24(26)21-43-31-5-1-4-29(35-31)37-13-11-36(12-14-37)20-30-34-27-9-8-23(32(40)41)18-28(27)38(30)19-25-10-16-42-25/h1,4-9,17-18,25,39H,10-16,19-21H2,(H,40,41)/t25-/m0/s1. The molecule has 11 heteroatoms. The minimum atomic E-state index is -0.957. The van der Waals surface area contributed by atoms with E-state index in [1.54, 1.807) is 36.4 Å². The van der Waals surface area contributed by atoms with Crippen LogP contribution in [0.5, 0.6) is 5.88 Å². The van der Waals surface area contributed by atoms with Crippen molar-refractivity contribution in [1.82, 2.24) is 19.4 Å². The van der Waals surface area contributed by atoms with Crippen LogP contribution in [-0.4, -0.2) is 81.1 Å². The maximum atomic E-state index is 14.5. The van der Waals surface area contributed by atoms with Crippen molar-refractivity contribution < 1.29 is 28.9 Å². The number of nitrogens with zero attached hydrogens (tertiary/aromatic N) is 5. The number of aromatic carboxylic acids is 1. The van der Waals surface area contributed by atoms with E-state index in [0.29, 0.717) is 30.1 Å². The quantitative estimate of drug-likeness (QED) is 0.286. The van der Waals surface area contributed by atoms with Crippen molar-refractivity contribution in [2.75, 3.05) is 44.3 Å². The molecule has 2 aliphatic rings. The molecule has 222 valence electrons. The Morgan fingerprint density at radius 2 is 1.93 bits per heavy atom. The molecule has 2 fully saturated rings. The zero-order chi connectivity index (χ0) is 29.8. The fraction of sp³-hybridized carbons (Fsp3) is 0.344. The Bertz CT molecular complexity index is 1680.